The molecular weight excluding hydrogens is 308 g/mol. The number of ketones is 1. The SMILES string of the molecule is C#CCOc1ccc(/C=C/C(=O)c2c(OC)cc(C)oc2=O)cc1. The molecule has 0 saturated heterocycles. The number of allylic oxidation sites excluding steroid dienone is 1. The molecule has 122 valence electrons. The van der Waals surface area contributed by atoms with E-state index in [1.807, 2.05) is 0 Å². The molecule has 0 N–H and O–H groups in total. The van der Waals surface area contributed by atoms with Gasteiger partial charge in [0.1, 0.15) is 29.4 Å². The van der Waals surface area contributed by atoms with E-state index < -0.39 is 11.4 Å². The van der Waals surface area contributed by atoms with E-state index in [1.165, 1.54) is 19.3 Å². The highest BCUT2D eigenvalue weighted by atomic mass is 16.5. The Hall–Kier alpha value is -3.26. The standard InChI is InChI=1S/C19H16O5/c1-4-11-23-15-8-5-14(6-9-15)7-10-16(20)18-17(22-3)12-13(2)24-19(18)21/h1,5-10,12H,11H2,2-3H3/b10-7+. The Labute approximate surface area is 139 Å². The summed E-state index contributed by atoms with van der Waals surface area (Å²) in [4.78, 5) is 24.1. The van der Waals surface area contributed by atoms with Crippen molar-refractivity contribution in [1.82, 2.24) is 0 Å². The maximum atomic E-state index is 12.3. The fourth-order valence-electron chi connectivity index (χ4n) is 2.02. The van der Waals surface area contributed by atoms with Gasteiger partial charge >= 0.3 is 5.63 Å². The largest absolute Gasteiger partial charge is 0.496 e. The highest BCUT2D eigenvalue weighted by Crippen LogP contribution is 2.18. The Kier molecular flexibility index (Phi) is 5.58. The van der Waals surface area contributed by atoms with Gasteiger partial charge in [-0.1, -0.05) is 24.1 Å². The maximum Gasteiger partial charge on any atom is 0.351 e. The molecule has 5 nitrogen and oxygen atoms in total. The smallest absolute Gasteiger partial charge is 0.351 e. The maximum absolute atomic E-state index is 12.3. The molecule has 0 bridgehead atoms. The summed E-state index contributed by atoms with van der Waals surface area (Å²) >= 11 is 0. The van der Waals surface area contributed by atoms with Crippen molar-refractivity contribution < 1.29 is 18.7 Å². The minimum Gasteiger partial charge on any atom is -0.496 e. The Morgan fingerprint density at radius 1 is 1.33 bits per heavy atom. The molecule has 1 aromatic heterocycles. The summed E-state index contributed by atoms with van der Waals surface area (Å²) in [6.45, 7) is 1.80. The van der Waals surface area contributed by atoms with Crippen LogP contribution in [0.15, 0.2) is 45.6 Å². The second-order valence-corrected chi connectivity index (χ2v) is 4.85. The van der Waals surface area contributed by atoms with Crippen LogP contribution in [0.4, 0.5) is 0 Å². The van der Waals surface area contributed by atoms with Gasteiger partial charge in [-0.25, -0.2) is 4.79 Å². The van der Waals surface area contributed by atoms with Crippen molar-refractivity contribution in [3.63, 3.8) is 0 Å². The van der Waals surface area contributed by atoms with Crippen LogP contribution >= 0.6 is 0 Å². The Balaban J connectivity index is 2.19. The third kappa shape index (κ3) is 4.14. The number of terminal acetylenes is 1. The summed E-state index contributed by atoms with van der Waals surface area (Å²) in [5.74, 6) is 3.09. The fraction of sp³-hybridized carbons (Fsp3) is 0.158. The number of aryl methyl sites for hydroxylation is 1. The predicted octanol–water partition coefficient (Wildman–Crippen LogP) is 2.86. The van der Waals surface area contributed by atoms with Gasteiger partial charge in [0.2, 0.25) is 0 Å². The fourth-order valence-corrected chi connectivity index (χ4v) is 2.02. The second-order valence-electron chi connectivity index (χ2n) is 4.85. The van der Waals surface area contributed by atoms with E-state index in [0.29, 0.717) is 11.5 Å². The van der Waals surface area contributed by atoms with Crippen molar-refractivity contribution in [2.45, 2.75) is 6.92 Å². The van der Waals surface area contributed by atoms with E-state index in [4.69, 9.17) is 20.3 Å². The number of methoxy groups -OCH3 is 1. The predicted molar refractivity (Wildman–Crippen MR) is 90.4 cm³/mol. The van der Waals surface area contributed by atoms with E-state index in [0.717, 1.165) is 5.56 Å². The highest BCUT2D eigenvalue weighted by Gasteiger charge is 2.17. The van der Waals surface area contributed by atoms with Crippen LogP contribution in [0.5, 0.6) is 11.5 Å². The summed E-state index contributed by atoms with van der Waals surface area (Å²) in [7, 11) is 1.39. The van der Waals surface area contributed by atoms with Crippen molar-refractivity contribution in [2.75, 3.05) is 13.7 Å². The number of rotatable bonds is 6. The average Bonchev–Trinajstić information content (AvgIpc) is 2.58. The van der Waals surface area contributed by atoms with Gasteiger partial charge in [0.25, 0.3) is 0 Å². The first-order valence-corrected chi connectivity index (χ1v) is 7.12. The molecule has 5 heteroatoms. The first-order valence-electron chi connectivity index (χ1n) is 7.12. The van der Waals surface area contributed by atoms with Crippen molar-refractivity contribution in [2.24, 2.45) is 0 Å². The molecule has 0 unspecified atom stereocenters. The lowest BCUT2D eigenvalue weighted by Crippen LogP contribution is -2.14. The van der Waals surface area contributed by atoms with E-state index in [1.54, 1.807) is 37.3 Å². The molecule has 1 heterocycles. The normalized spacial score (nSPS) is 10.4. The monoisotopic (exact) mass is 324 g/mol. The van der Waals surface area contributed by atoms with Crippen molar-refractivity contribution >= 4 is 11.9 Å². The molecule has 0 atom stereocenters. The number of hydrogen-bond acceptors (Lipinski definition) is 5. The number of carbonyl (C=O) groups is 1. The molecule has 24 heavy (non-hydrogen) atoms. The molecule has 1 aromatic carbocycles. The average molecular weight is 324 g/mol. The number of hydrogen-bond donors (Lipinski definition) is 0. The highest BCUT2D eigenvalue weighted by molar-refractivity contribution is 6.08. The molecule has 0 amide bonds. The van der Waals surface area contributed by atoms with Gasteiger partial charge in [-0.15, -0.1) is 6.42 Å². The summed E-state index contributed by atoms with van der Waals surface area (Å²) in [6.07, 6.45) is 8.00. The molecule has 0 aliphatic rings. The number of benzene rings is 1. The zero-order valence-corrected chi connectivity index (χ0v) is 13.4. The zero-order valence-electron chi connectivity index (χ0n) is 13.4. The van der Waals surface area contributed by atoms with E-state index in [9.17, 15) is 9.59 Å². The van der Waals surface area contributed by atoms with Crippen molar-refractivity contribution in [3.05, 3.63) is 63.7 Å². The Morgan fingerprint density at radius 3 is 2.67 bits per heavy atom. The minimum atomic E-state index is -0.723. The minimum absolute atomic E-state index is 0.131. The first-order chi connectivity index (χ1) is 11.5. The molecule has 2 rings (SSSR count). The quantitative estimate of drug-likeness (QED) is 0.464. The molecule has 0 saturated carbocycles. The van der Waals surface area contributed by atoms with Crippen LogP contribution in [-0.2, 0) is 0 Å². The molecule has 2 aromatic rings. The van der Waals surface area contributed by atoms with Gasteiger partial charge in [0.05, 0.1) is 7.11 Å². The number of ether oxygens (including phenoxy) is 2. The summed E-state index contributed by atoms with van der Waals surface area (Å²) in [5, 5.41) is 0. The summed E-state index contributed by atoms with van der Waals surface area (Å²) in [5.41, 5.74) is -0.0836. The molecule has 0 radical (unpaired) electrons. The molecule has 0 spiro atoms. The van der Waals surface area contributed by atoms with E-state index in [2.05, 4.69) is 5.92 Å². The summed E-state index contributed by atoms with van der Waals surface area (Å²) in [6, 6.07) is 8.51. The van der Waals surface area contributed by atoms with Crippen molar-refractivity contribution in [3.8, 4) is 23.8 Å². The van der Waals surface area contributed by atoms with Crippen LogP contribution in [-0.4, -0.2) is 19.5 Å². The van der Waals surface area contributed by atoms with Gasteiger partial charge in [0, 0.05) is 6.07 Å². The van der Waals surface area contributed by atoms with Gasteiger partial charge < -0.3 is 13.9 Å². The molecular formula is C19H16O5. The van der Waals surface area contributed by atoms with Crippen LogP contribution in [0.2, 0.25) is 0 Å². The lowest BCUT2D eigenvalue weighted by atomic mass is 10.1. The van der Waals surface area contributed by atoms with Gasteiger partial charge in [-0.3, -0.25) is 4.79 Å². The van der Waals surface area contributed by atoms with Crippen LogP contribution in [0.25, 0.3) is 6.08 Å². The molecule has 0 aliphatic heterocycles. The van der Waals surface area contributed by atoms with E-state index in [-0.39, 0.29) is 17.9 Å². The van der Waals surface area contributed by atoms with Crippen LogP contribution in [0.1, 0.15) is 21.7 Å². The van der Waals surface area contributed by atoms with Crippen LogP contribution in [0, 0.1) is 19.3 Å². The third-order valence-corrected chi connectivity index (χ3v) is 3.13. The lowest BCUT2D eigenvalue weighted by molar-refractivity contribution is 0.104. The van der Waals surface area contributed by atoms with Crippen LogP contribution in [0.3, 0.4) is 0 Å². The Morgan fingerprint density at radius 2 is 2.04 bits per heavy atom. The summed E-state index contributed by atoms with van der Waals surface area (Å²) < 4.78 is 15.3. The lowest BCUT2D eigenvalue weighted by Gasteiger charge is -2.05. The third-order valence-electron chi connectivity index (χ3n) is 3.13. The first kappa shape index (κ1) is 17.1. The zero-order chi connectivity index (χ0) is 17.5. The van der Waals surface area contributed by atoms with Gasteiger partial charge in [0.15, 0.2) is 5.78 Å². The van der Waals surface area contributed by atoms with Gasteiger partial charge in [-0.2, -0.15) is 0 Å². The number of carbonyl (C=O) groups excluding carboxylic acids is 1. The topological polar surface area (TPSA) is 65.7 Å². The van der Waals surface area contributed by atoms with E-state index >= 15 is 0 Å². The molecule has 0 aliphatic carbocycles. The Bertz CT molecular complexity index is 851. The van der Waals surface area contributed by atoms with Crippen molar-refractivity contribution in [1.29, 1.82) is 0 Å². The van der Waals surface area contributed by atoms with Gasteiger partial charge in [-0.05, 0) is 30.7 Å². The van der Waals surface area contributed by atoms with Crippen LogP contribution < -0.4 is 15.1 Å². The second kappa shape index (κ2) is 7.84. The molecule has 0 fully saturated rings.